The Bertz CT molecular complexity index is 1560. The van der Waals surface area contributed by atoms with Crippen molar-refractivity contribution in [3.8, 4) is 5.88 Å². The Kier molecular flexibility index (Phi) is 5.63. The Balaban J connectivity index is 1.61. The second-order valence-electron chi connectivity index (χ2n) is 7.61. The highest BCUT2D eigenvalue weighted by Crippen LogP contribution is 2.34. The molecule has 9 nitrogen and oxygen atoms in total. The van der Waals surface area contributed by atoms with Gasteiger partial charge in [0.2, 0.25) is 0 Å². The number of nitrogens with one attached hydrogen (secondary N) is 2. The van der Waals surface area contributed by atoms with Gasteiger partial charge in [-0.25, -0.2) is 4.99 Å². The lowest BCUT2D eigenvalue weighted by atomic mass is 10.0. The van der Waals surface area contributed by atoms with Gasteiger partial charge in [-0.2, -0.15) is 0 Å². The second-order valence-corrected chi connectivity index (χ2v) is 8.62. The van der Waals surface area contributed by atoms with Gasteiger partial charge in [0.1, 0.15) is 0 Å². The van der Waals surface area contributed by atoms with E-state index in [-0.39, 0.29) is 11.6 Å². The molecule has 1 fully saturated rings. The SMILES string of the molecule is O=C1NC(=O)/C(=C/c2ccc(N=C(c3ccccc3)c3c(O)[nH]c4ccc([N+](=O)[O-])cc34)cc2)S1. The van der Waals surface area contributed by atoms with Crippen molar-refractivity contribution in [1.29, 1.82) is 0 Å². The third-order valence-corrected chi connectivity index (χ3v) is 6.14. The zero-order valence-electron chi connectivity index (χ0n) is 17.9. The van der Waals surface area contributed by atoms with Crippen molar-refractivity contribution in [2.24, 2.45) is 4.99 Å². The number of aromatic amines is 1. The first-order valence-corrected chi connectivity index (χ1v) is 11.2. The first kappa shape index (κ1) is 22.1. The Morgan fingerprint density at radius 2 is 1.77 bits per heavy atom. The summed E-state index contributed by atoms with van der Waals surface area (Å²) in [5.41, 5.74) is 3.19. The fourth-order valence-corrected chi connectivity index (χ4v) is 4.41. The number of carbonyl (C=O) groups is 2. The van der Waals surface area contributed by atoms with Crippen LogP contribution in [0.5, 0.6) is 5.88 Å². The molecule has 2 amide bonds. The van der Waals surface area contributed by atoms with Crippen molar-refractivity contribution in [2.45, 2.75) is 0 Å². The smallest absolute Gasteiger partial charge is 0.290 e. The van der Waals surface area contributed by atoms with Crippen molar-refractivity contribution in [2.75, 3.05) is 0 Å². The van der Waals surface area contributed by atoms with E-state index in [4.69, 9.17) is 4.99 Å². The minimum absolute atomic E-state index is 0.102. The number of aliphatic imine (C=N–C) groups is 1. The van der Waals surface area contributed by atoms with Gasteiger partial charge < -0.3 is 10.1 Å². The van der Waals surface area contributed by atoms with Gasteiger partial charge in [-0.3, -0.25) is 25.0 Å². The first-order valence-electron chi connectivity index (χ1n) is 10.4. The van der Waals surface area contributed by atoms with Gasteiger partial charge in [0.05, 0.1) is 26.8 Å². The molecule has 35 heavy (non-hydrogen) atoms. The number of H-pyrrole nitrogens is 1. The van der Waals surface area contributed by atoms with Crippen LogP contribution in [0.25, 0.3) is 17.0 Å². The molecule has 0 radical (unpaired) electrons. The number of nitro groups is 1. The molecule has 5 rings (SSSR count). The van der Waals surface area contributed by atoms with Crippen LogP contribution in [0.3, 0.4) is 0 Å². The molecule has 1 aromatic heterocycles. The van der Waals surface area contributed by atoms with E-state index in [1.165, 1.54) is 12.1 Å². The van der Waals surface area contributed by atoms with E-state index in [1.54, 1.807) is 36.4 Å². The zero-order valence-corrected chi connectivity index (χ0v) is 18.7. The van der Waals surface area contributed by atoms with Crippen molar-refractivity contribution < 1.29 is 19.6 Å². The summed E-state index contributed by atoms with van der Waals surface area (Å²) >= 11 is 0.839. The van der Waals surface area contributed by atoms with E-state index in [0.717, 1.165) is 11.8 Å². The number of amides is 2. The van der Waals surface area contributed by atoms with Crippen LogP contribution in [0.1, 0.15) is 16.7 Å². The Hall–Kier alpha value is -4.70. The van der Waals surface area contributed by atoms with Crippen LogP contribution in [-0.2, 0) is 4.79 Å². The molecule has 1 aliphatic heterocycles. The predicted octanol–water partition coefficient (Wildman–Crippen LogP) is 5.27. The quantitative estimate of drug-likeness (QED) is 0.153. The van der Waals surface area contributed by atoms with Crippen LogP contribution in [0.2, 0.25) is 0 Å². The van der Waals surface area contributed by atoms with Crippen molar-refractivity contribution in [1.82, 2.24) is 10.3 Å². The number of fused-ring (bicyclic) bond motifs is 1. The normalized spacial score (nSPS) is 15.1. The average molecular weight is 484 g/mol. The summed E-state index contributed by atoms with van der Waals surface area (Å²) in [5.74, 6) is -0.587. The van der Waals surface area contributed by atoms with Crippen LogP contribution in [0.15, 0.2) is 82.7 Å². The monoisotopic (exact) mass is 484 g/mol. The highest BCUT2D eigenvalue weighted by atomic mass is 32.2. The minimum Gasteiger partial charge on any atom is -0.494 e. The number of rotatable bonds is 5. The Morgan fingerprint density at radius 3 is 2.43 bits per heavy atom. The summed E-state index contributed by atoms with van der Waals surface area (Å²) in [6.45, 7) is 0. The fraction of sp³-hybridized carbons (Fsp3) is 0. The highest BCUT2D eigenvalue weighted by Gasteiger charge is 2.25. The standard InChI is InChI=1S/C25H16N4O5S/c30-23-20(35-25(32)28-23)12-14-6-8-16(9-7-14)26-22(15-4-2-1-3-5-15)21-18-13-17(29(33)34)10-11-19(18)27-24(21)31/h1-13,27,31H,(H,28,30,32)/b20-12-,26-22?. The summed E-state index contributed by atoms with van der Waals surface area (Å²) in [6, 6.07) is 20.5. The van der Waals surface area contributed by atoms with Crippen LogP contribution in [0.4, 0.5) is 16.2 Å². The maximum Gasteiger partial charge on any atom is 0.290 e. The maximum atomic E-state index is 11.8. The molecule has 172 valence electrons. The number of imide groups is 1. The average Bonchev–Trinajstić information content (AvgIpc) is 3.35. The molecule has 0 aliphatic carbocycles. The number of hydrogen-bond acceptors (Lipinski definition) is 7. The Morgan fingerprint density at radius 1 is 1.03 bits per heavy atom. The van der Waals surface area contributed by atoms with Crippen molar-refractivity contribution >= 4 is 57.0 Å². The minimum atomic E-state index is -0.490. The number of carbonyl (C=O) groups excluding carboxylic acids is 2. The predicted molar refractivity (Wildman–Crippen MR) is 134 cm³/mol. The van der Waals surface area contributed by atoms with Crippen LogP contribution in [-0.4, -0.2) is 31.9 Å². The van der Waals surface area contributed by atoms with Gasteiger partial charge in [0, 0.05) is 28.6 Å². The van der Waals surface area contributed by atoms with E-state index in [1.807, 2.05) is 30.3 Å². The molecule has 0 unspecified atom stereocenters. The number of nitrogens with zero attached hydrogens (tertiary/aromatic N) is 2. The molecule has 4 aromatic rings. The highest BCUT2D eigenvalue weighted by molar-refractivity contribution is 8.18. The van der Waals surface area contributed by atoms with E-state index < -0.39 is 16.1 Å². The van der Waals surface area contributed by atoms with Crippen LogP contribution >= 0.6 is 11.8 Å². The number of benzene rings is 3. The molecule has 0 atom stereocenters. The third kappa shape index (κ3) is 4.42. The van der Waals surface area contributed by atoms with E-state index in [9.17, 15) is 24.8 Å². The molecule has 0 spiro atoms. The summed E-state index contributed by atoms with van der Waals surface area (Å²) in [7, 11) is 0. The van der Waals surface area contributed by atoms with Gasteiger partial charge in [-0.05, 0) is 41.6 Å². The number of nitro benzene ring substituents is 1. The summed E-state index contributed by atoms with van der Waals surface area (Å²) in [5, 5.41) is 24.4. The number of aromatic hydroxyl groups is 1. The van der Waals surface area contributed by atoms with Crippen molar-refractivity contribution in [3.63, 3.8) is 0 Å². The first-order chi connectivity index (χ1) is 16.9. The Labute approximate surface area is 202 Å². The lowest BCUT2D eigenvalue weighted by Crippen LogP contribution is -2.17. The molecule has 2 heterocycles. The van der Waals surface area contributed by atoms with E-state index in [2.05, 4.69) is 10.3 Å². The maximum absolute atomic E-state index is 11.8. The molecule has 10 heteroatoms. The molecule has 3 N–H and O–H groups in total. The van der Waals surface area contributed by atoms with E-state index >= 15 is 0 Å². The molecule has 3 aromatic carbocycles. The third-order valence-electron chi connectivity index (χ3n) is 5.33. The fourth-order valence-electron chi connectivity index (χ4n) is 3.73. The molecule has 1 aliphatic rings. The van der Waals surface area contributed by atoms with Gasteiger partial charge in [0.15, 0.2) is 5.88 Å². The number of non-ortho nitro benzene ring substituents is 1. The number of aromatic nitrogens is 1. The van der Waals surface area contributed by atoms with Crippen molar-refractivity contribution in [3.05, 3.63) is 105 Å². The van der Waals surface area contributed by atoms with Gasteiger partial charge in [-0.1, -0.05) is 42.5 Å². The van der Waals surface area contributed by atoms with Gasteiger partial charge in [-0.15, -0.1) is 0 Å². The zero-order chi connectivity index (χ0) is 24.5. The van der Waals surface area contributed by atoms with Gasteiger partial charge >= 0.3 is 0 Å². The van der Waals surface area contributed by atoms with E-state index in [0.29, 0.717) is 43.9 Å². The molecule has 1 saturated heterocycles. The molecular weight excluding hydrogens is 468 g/mol. The van der Waals surface area contributed by atoms with Crippen LogP contribution < -0.4 is 5.32 Å². The lowest BCUT2D eigenvalue weighted by molar-refractivity contribution is -0.384. The second kappa shape index (κ2) is 8.92. The summed E-state index contributed by atoms with van der Waals surface area (Å²) in [6.07, 6.45) is 1.61. The molecular formula is C25H16N4O5S. The number of hydrogen-bond donors (Lipinski definition) is 3. The molecule has 0 bridgehead atoms. The lowest BCUT2D eigenvalue weighted by Gasteiger charge is -2.08. The summed E-state index contributed by atoms with van der Waals surface area (Å²) < 4.78 is 0. The van der Waals surface area contributed by atoms with Crippen LogP contribution in [0, 0.1) is 10.1 Å². The largest absolute Gasteiger partial charge is 0.494 e. The summed E-state index contributed by atoms with van der Waals surface area (Å²) in [4.78, 5) is 41.9. The van der Waals surface area contributed by atoms with Gasteiger partial charge in [0.25, 0.3) is 16.8 Å². The number of thioether (sulfide) groups is 1. The topological polar surface area (TPSA) is 138 Å². The molecule has 0 saturated carbocycles.